The van der Waals surface area contributed by atoms with Crippen LogP contribution >= 0.6 is 11.6 Å². The van der Waals surface area contributed by atoms with Gasteiger partial charge in [0.05, 0.1) is 10.9 Å². The molecule has 0 aliphatic carbocycles. The second kappa shape index (κ2) is 8.35. The van der Waals surface area contributed by atoms with Crippen molar-refractivity contribution in [3.63, 3.8) is 0 Å². The number of likely N-dealkylation sites (tertiary alicyclic amines) is 1. The molecule has 3 rings (SSSR count). The Balaban J connectivity index is 1.66. The highest BCUT2D eigenvalue weighted by Crippen LogP contribution is 2.21. The van der Waals surface area contributed by atoms with Gasteiger partial charge in [0.2, 0.25) is 5.91 Å². The summed E-state index contributed by atoms with van der Waals surface area (Å²) in [4.78, 5) is 37.3. The maximum absolute atomic E-state index is 12.8. The van der Waals surface area contributed by atoms with Crippen molar-refractivity contribution in [1.82, 2.24) is 14.9 Å². The van der Waals surface area contributed by atoms with Gasteiger partial charge in [-0.15, -0.1) is 0 Å². The zero-order valence-electron chi connectivity index (χ0n) is 15.4. The zero-order valence-corrected chi connectivity index (χ0v) is 16.1. The number of piperidine rings is 1. The Hall–Kier alpha value is -2.67. The smallest absolute Gasteiger partial charge is 0.272 e. The van der Waals surface area contributed by atoms with Gasteiger partial charge in [-0.2, -0.15) is 0 Å². The summed E-state index contributed by atoms with van der Waals surface area (Å²) in [7, 11) is 3.82. The summed E-state index contributed by atoms with van der Waals surface area (Å²) >= 11 is 5.81. The van der Waals surface area contributed by atoms with Gasteiger partial charge in [-0.1, -0.05) is 11.6 Å². The van der Waals surface area contributed by atoms with Crippen LogP contribution in [0.2, 0.25) is 5.02 Å². The van der Waals surface area contributed by atoms with E-state index in [0.717, 1.165) is 18.5 Å². The summed E-state index contributed by atoms with van der Waals surface area (Å²) in [6, 6.07) is 6.94. The molecule has 2 amide bonds. The topological polar surface area (TPSA) is 78.4 Å². The van der Waals surface area contributed by atoms with E-state index in [0.29, 0.717) is 29.6 Å². The van der Waals surface area contributed by atoms with E-state index in [2.05, 4.69) is 15.3 Å². The SMILES string of the molecule is CN(C)c1ccnc(C(=O)N2CCCC(C(=O)Nc3ccc(Cl)cn3)C2)c1. The number of aromatic nitrogens is 2. The van der Waals surface area contributed by atoms with E-state index in [4.69, 9.17) is 11.6 Å². The summed E-state index contributed by atoms with van der Waals surface area (Å²) in [5, 5.41) is 3.30. The number of hydrogen-bond acceptors (Lipinski definition) is 5. The van der Waals surface area contributed by atoms with Gasteiger partial charge in [0.1, 0.15) is 11.5 Å². The van der Waals surface area contributed by atoms with E-state index < -0.39 is 0 Å². The largest absolute Gasteiger partial charge is 0.378 e. The molecule has 8 heteroatoms. The molecule has 1 N–H and O–H groups in total. The monoisotopic (exact) mass is 387 g/mol. The average Bonchev–Trinajstić information content (AvgIpc) is 2.69. The number of amides is 2. The van der Waals surface area contributed by atoms with E-state index in [1.165, 1.54) is 6.20 Å². The lowest BCUT2D eigenvalue weighted by Crippen LogP contribution is -2.44. The Bertz CT molecular complexity index is 825. The fraction of sp³-hybridized carbons (Fsp3) is 0.368. The number of nitrogens with one attached hydrogen (secondary N) is 1. The fourth-order valence-corrected chi connectivity index (χ4v) is 3.14. The molecule has 2 aromatic heterocycles. The van der Waals surface area contributed by atoms with E-state index in [1.54, 1.807) is 29.3 Å². The number of anilines is 2. The van der Waals surface area contributed by atoms with E-state index in [-0.39, 0.29) is 17.7 Å². The fourth-order valence-electron chi connectivity index (χ4n) is 3.03. The van der Waals surface area contributed by atoms with Crippen LogP contribution in [0.1, 0.15) is 23.3 Å². The maximum Gasteiger partial charge on any atom is 0.272 e. The number of pyridine rings is 2. The minimum absolute atomic E-state index is 0.141. The van der Waals surface area contributed by atoms with Gasteiger partial charge < -0.3 is 15.1 Å². The van der Waals surface area contributed by atoms with E-state index in [9.17, 15) is 9.59 Å². The summed E-state index contributed by atoms with van der Waals surface area (Å²) in [6.45, 7) is 0.988. The minimum Gasteiger partial charge on any atom is -0.378 e. The highest BCUT2D eigenvalue weighted by molar-refractivity contribution is 6.30. The highest BCUT2D eigenvalue weighted by atomic mass is 35.5. The molecule has 27 heavy (non-hydrogen) atoms. The number of halogens is 1. The number of rotatable bonds is 4. The molecule has 3 heterocycles. The Morgan fingerprint density at radius 2 is 2.07 bits per heavy atom. The Morgan fingerprint density at radius 3 is 2.78 bits per heavy atom. The van der Waals surface area contributed by atoms with Crippen LogP contribution in [0.5, 0.6) is 0 Å². The minimum atomic E-state index is -0.280. The van der Waals surface area contributed by atoms with Crippen molar-refractivity contribution < 1.29 is 9.59 Å². The third kappa shape index (κ3) is 4.74. The van der Waals surface area contributed by atoms with Crippen molar-refractivity contribution in [2.75, 3.05) is 37.4 Å². The standard InChI is InChI=1S/C19H22ClN5O2/c1-24(2)15-7-8-21-16(10-15)19(27)25-9-3-4-13(12-25)18(26)23-17-6-5-14(20)11-22-17/h5-8,10-11,13H,3-4,9,12H2,1-2H3,(H,22,23,26). The molecule has 7 nitrogen and oxygen atoms in total. The molecule has 1 saturated heterocycles. The normalized spacial score (nSPS) is 16.7. The molecule has 1 fully saturated rings. The second-order valence-electron chi connectivity index (χ2n) is 6.73. The Kier molecular flexibility index (Phi) is 5.91. The second-order valence-corrected chi connectivity index (χ2v) is 7.17. The van der Waals surface area contributed by atoms with Gasteiger partial charge in [-0.25, -0.2) is 4.98 Å². The van der Waals surface area contributed by atoms with E-state index in [1.807, 2.05) is 25.1 Å². The van der Waals surface area contributed by atoms with Crippen LogP contribution in [0.15, 0.2) is 36.7 Å². The first-order valence-corrected chi connectivity index (χ1v) is 9.17. The van der Waals surface area contributed by atoms with Gasteiger partial charge in [0.15, 0.2) is 0 Å². The zero-order chi connectivity index (χ0) is 19.4. The summed E-state index contributed by atoms with van der Waals surface area (Å²) in [5.41, 5.74) is 1.30. The Morgan fingerprint density at radius 1 is 1.26 bits per heavy atom. The van der Waals surface area contributed by atoms with Gasteiger partial charge in [-0.3, -0.25) is 14.6 Å². The first kappa shape index (κ1) is 19.1. The Labute approximate surface area is 163 Å². The molecule has 142 valence electrons. The quantitative estimate of drug-likeness (QED) is 0.872. The molecular weight excluding hydrogens is 366 g/mol. The lowest BCUT2D eigenvalue weighted by atomic mass is 9.96. The molecule has 1 aliphatic heterocycles. The van der Waals surface area contributed by atoms with Crippen LogP contribution in [0.4, 0.5) is 11.5 Å². The number of nitrogens with zero attached hydrogens (tertiary/aromatic N) is 4. The summed E-state index contributed by atoms with van der Waals surface area (Å²) < 4.78 is 0. The third-order valence-corrected chi connectivity index (χ3v) is 4.76. The third-order valence-electron chi connectivity index (χ3n) is 4.54. The van der Waals surface area contributed by atoms with Crippen molar-refractivity contribution >= 4 is 34.9 Å². The number of carbonyl (C=O) groups is 2. The molecule has 0 aromatic carbocycles. The summed E-state index contributed by atoms with van der Waals surface area (Å²) in [6.07, 6.45) is 4.61. The van der Waals surface area contributed by atoms with Crippen LogP contribution in [0, 0.1) is 5.92 Å². The van der Waals surface area contributed by atoms with Crippen LogP contribution in [0.25, 0.3) is 0 Å². The van der Waals surface area contributed by atoms with Crippen molar-refractivity contribution in [1.29, 1.82) is 0 Å². The van der Waals surface area contributed by atoms with E-state index >= 15 is 0 Å². The van der Waals surface area contributed by atoms with Crippen LogP contribution in [-0.2, 0) is 4.79 Å². The van der Waals surface area contributed by atoms with Gasteiger partial charge in [0, 0.05) is 45.3 Å². The predicted molar refractivity (Wildman–Crippen MR) is 105 cm³/mol. The van der Waals surface area contributed by atoms with Crippen molar-refractivity contribution in [2.24, 2.45) is 5.92 Å². The molecule has 1 unspecified atom stereocenters. The van der Waals surface area contributed by atoms with Crippen LogP contribution in [0.3, 0.4) is 0 Å². The molecule has 0 saturated carbocycles. The van der Waals surface area contributed by atoms with Gasteiger partial charge >= 0.3 is 0 Å². The lowest BCUT2D eigenvalue weighted by molar-refractivity contribution is -0.121. The highest BCUT2D eigenvalue weighted by Gasteiger charge is 2.29. The molecule has 0 spiro atoms. The van der Waals surface area contributed by atoms with Crippen LogP contribution in [-0.4, -0.2) is 53.9 Å². The van der Waals surface area contributed by atoms with Crippen molar-refractivity contribution in [2.45, 2.75) is 12.8 Å². The number of hydrogen-bond donors (Lipinski definition) is 1. The average molecular weight is 388 g/mol. The first-order valence-electron chi connectivity index (χ1n) is 8.79. The molecule has 2 aromatic rings. The van der Waals surface area contributed by atoms with Gasteiger partial charge in [-0.05, 0) is 37.1 Å². The summed E-state index contributed by atoms with van der Waals surface area (Å²) in [5.74, 6) is -0.122. The molecular formula is C19H22ClN5O2. The molecule has 0 radical (unpaired) electrons. The van der Waals surface area contributed by atoms with Crippen LogP contribution < -0.4 is 10.2 Å². The predicted octanol–water partition coefficient (Wildman–Crippen LogP) is 2.69. The maximum atomic E-state index is 12.8. The molecule has 1 aliphatic rings. The number of carbonyl (C=O) groups excluding carboxylic acids is 2. The van der Waals surface area contributed by atoms with Crippen molar-refractivity contribution in [3.05, 3.63) is 47.4 Å². The molecule has 0 bridgehead atoms. The first-order chi connectivity index (χ1) is 12.9. The van der Waals surface area contributed by atoms with Crippen molar-refractivity contribution in [3.8, 4) is 0 Å². The lowest BCUT2D eigenvalue weighted by Gasteiger charge is -2.32. The van der Waals surface area contributed by atoms with Gasteiger partial charge in [0.25, 0.3) is 5.91 Å². The molecule has 1 atom stereocenters.